The van der Waals surface area contributed by atoms with Gasteiger partial charge in [0.05, 0.1) is 28.8 Å². The number of nitrogens with two attached hydrogens (primary N) is 1. The summed E-state index contributed by atoms with van der Waals surface area (Å²) < 4.78 is 44.8. The minimum absolute atomic E-state index is 0.142. The van der Waals surface area contributed by atoms with Crippen LogP contribution in [-0.2, 0) is 15.8 Å². The summed E-state index contributed by atoms with van der Waals surface area (Å²) in [5.74, 6) is -0.0771. The molecule has 4 fully saturated rings. The van der Waals surface area contributed by atoms with E-state index in [1.165, 1.54) is 30.4 Å². The predicted molar refractivity (Wildman–Crippen MR) is 220 cm³/mol. The lowest BCUT2D eigenvalue weighted by atomic mass is 9.92. The van der Waals surface area contributed by atoms with Gasteiger partial charge in [-0.2, -0.15) is 18.3 Å². The first-order chi connectivity index (χ1) is 29.3. The molecular weight excluding hydrogens is 794 g/mol. The van der Waals surface area contributed by atoms with E-state index in [0.29, 0.717) is 29.9 Å². The van der Waals surface area contributed by atoms with Gasteiger partial charge in [-0.05, 0) is 91.6 Å². The Hall–Kier alpha value is -5.98. The number of likely N-dealkylation sites (tertiary alicyclic amines) is 2. The van der Waals surface area contributed by atoms with Gasteiger partial charge in [-0.25, -0.2) is 10.0 Å². The normalized spacial score (nSPS) is 24.0. The zero-order chi connectivity index (χ0) is 42.6. The fraction of sp³-hybridized carbons (Fsp3) is 0.419. The molecule has 6 aliphatic rings. The maximum absolute atomic E-state index is 13.3. The first kappa shape index (κ1) is 40.4. The first-order valence-electron chi connectivity index (χ1n) is 20.5. The van der Waals surface area contributed by atoms with Gasteiger partial charge in [-0.3, -0.25) is 39.3 Å². The average molecular weight is 839 g/mol. The lowest BCUT2D eigenvalue weighted by molar-refractivity contribution is -0.138. The van der Waals surface area contributed by atoms with Crippen LogP contribution < -0.4 is 20.7 Å². The number of hydrazone groups is 1. The van der Waals surface area contributed by atoms with E-state index in [1.54, 1.807) is 24.3 Å². The van der Waals surface area contributed by atoms with E-state index in [2.05, 4.69) is 30.0 Å². The van der Waals surface area contributed by atoms with Crippen LogP contribution in [0.4, 0.5) is 18.9 Å². The SMILES string of the molecule is CN(C(=O)c1ccc(N2CC(N3CC(N4CCC(N5N=C(c6ccc(Oc7ccc(C(F)(F)F)cc7)cc6)C6C5=NC=NC6N)CC4)C3)C2)cc1C=O)C1CCC(=O)NC1=O. The van der Waals surface area contributed by atoms with Gasteiger partial charge < -0.3 is 20.3 Å². The maximum Gasteiger partial charge on any atom is 0.416 e. The highest BCUT2D eigenvalue weighted by Gasteiger charge is 2.46. The summed E-state index contributed by atoms with van der Waals surface area (Å²) in [4.78, 5) is 66.8. The van der Waals surface area contributed by atoms with Gasteiger partial charge in [-0.1, -0.05) is 0 Å². The summed E-state index contributed by atoms with van der Waals surface area (Å²) >= 11 is 0. The number of aliphatic imine (C=N–C) groups is 2. The fourth-order valence-corrected chi connectivity index (χ4v) is 9.08. The number of hydrogen-bond acceptors (Lipinski definition) is 13. The Morgan fingerprint density at radius 3 is 2.23 bits per heavy atom. The predicted octanol–water partition coefficient (Wildman–Crippen LogP) is 3.59. The number of alkyl halides is 3. The molecule has 0 bridgehead atoms. The van der Waals surface area contributed by atoms with Crippen molar-refractivity contribution in [3.63, 3.8) is 0 Å². The molecule has 6 aliphatic heterocycles. The van der Waals surface area contributed by atoms with E-state index in [1.807, 2.05) is 23.2 Å². The highest BCUT2D eigenvalue weighted by molar-refractivity contribution is 6.20. The Balaban J connectivity index is 0.763. The minimum Gasteiger partial charge on any atom is -0.457 e. The Morgan fingerprint density at radius 2 is 1.57 bits per heavy atom. The summed E-state index contributed by atoms with van der Waals surface area (Å²) in [6.45, 7) is 5.44. The van der Waals surface area contributed by atoms with E-state index in [4.69, 9.17) is 15.6 Å². The third-order valence-electron chi connectivity index (χ3n) is 12.7. The third kappa shape index (κ3) is 7.90. The van der Waals surface area contributed by atoms with E-state index in [-0.39, 0.29) is 41.8 Å². The Kier molecular flexibility index (Phi) is 10.7. The lowest BCUT2D eigenvalue weighted by Crippen LogP contribution is -2.70. The van der Waals surface area contributed by atoms with Crippen LogP contribution in [0.15, 0.2) is 81.8 Å². The second-order valence-electron chi connectivity index (χ2n) is 16.4. The number of rotatable bonds is 10. The Morgan fingerprint density at radius 1 is 0.902 bits per heavy atom. The van der Waals surface area contributed by atoms with E-state index in [0.717, 1.165) is 87.0 Å². The Bertz CT molecular complexity index is 2300. The molecule has 0 spiro atoms. The number of carbonyl (C=O) groups excluding carboxylic acids is 4. The van der Waals surface area contributed by atoms with Crippen molar-refractivity contribution in [3.05, 3.63) is 89.0 Å². The van der Waals surface area contributed by atoms with Crippen LogP contribution in [0.3, 0.4) is 0 Å². The Labute approximate surface area is 349 Å². The number of fused-ring (bicyclic) bond motifs is 1. The van der Waals surface area contributed by atoms with Gasteiger partial charge in [0, 0.05) is 76.1 Å². The number of halogens is 3. The van der Waals surface area contributed by atoms with E-state index < -0.39 is 35.8 Å². The van der Waals surface area contributed by atoms with E-state index in [9.17, 15) is 32.3 Å². The zero-order valence-corrected chi connectivity index (χ0v) is 33.4. The summed E-state index contributed by atoms with van der Waals surface area (Å²) in [6.07, 6.45) is -0.587. The number of hydrogen-bond donors (Lipinski definition) is 2. The number of ether oxygens (including phenoxy) is 1. The van der Waals surface area contributed by atoms with Crippen molar-refractivity contribution in [1.82, 2.24) is 25.0 Å². The molecule has 3 amide bonds. The molecule has 318 valence electrons. The smallest absolute Gasteiger partial charge is 0.416 e. The zero-order valence-electron chi connectivity index (χ0n) is 33.4. The second kappa shape index (κ2) is 16.1. The lowest BCUT2D eigenvalue weighted by Gasteiger charge is -2.55. The molecule has 6 heterocycles. The molecule has 4 saturated heterocycles. The molecule has 9 rings (SSSR count). The van der Waals surface area contributed by atoms with Crippen LogP contribution in [0.25, 0.3) is 0 Å². The van der Waals surface area contributed by atoms with Crippen molar-refractivity contribution in [2.45, 2.75) is 62.2 Å². The number of piperidine rings is 2. The summed E-state index contributed by atoms with van der Waals surface area (Å²) in [5.41, 5.74) is 8.72. The first-order valence-corrected chi connectivity index (χ1v) is 20.5. The van der Waals surface area contributed by atoms with Crippen LogP contribution >= 0.6 is 0 Å². The van der Waals surface area contributed by atoms with Crippen molar-refractivity contribution < 1.29 is 37.1 Å². The van der Waals surface area contributed by atoms with Crippen molar-refractivity contribution in [1.29, 1.82) is 0 Å². The van der Waals surface area contributed by atoms with Gasteiger partial charge in [0.1, 0.15) is 35.9 Å². The molecule has 0 saturated carbocycles. The number of amides is 3. The number of amidine groups is 1. The fourth-order valence-electron chi connectivity index (χ4n) is 9.08. The van der Waals surface area contributed by atoms with Gasteiger partial charge in [-0.15, -0.1) is 0 Å². The largest absolute Gasteiger partial charge is 0.457 e. The molecule has 61 heavy (non-hydrogen) atoms. The van der Waals surface area contributed by atoms with Crippen LogP contribution in [0.5, 0.6) is 11.5 Å². The van der Waals surface area contributed by atoms with Gasteiger partial charge in [0.25, 0.3) is 5.91 Å². The summed E-state index contributed by atoms with van der Waals surface area (Å²) in [6, 6.07) is 17.2. The number of benzene rings is 3. The number of nitrogens with zero attached hydrogens (tertiary/aromatic N) is 8. The molecule has 0 aliphatic carbocycles. The van der Waals surface area contributed by atoms with Crippen LogP contribution in [0.2, 0.25) is 0 Å². The molecule has 0 radical (unpaired) electrons. The molecule has 3 aromatic rings. The van der Waals surface area contributed by atoms with Crippen LogP contribution in [-0.4, -0.2) is 138 Å². The van der Waals surface area contributed by atoms with Gasteiger partial charge in [0.2, 0.25) is 11.8 Å². The number of aldehydes is 1. The van der Waals surface area contributed by atoms with Crippen molar-refractivity contribution in [2.75, 3.05) is 51.2 Å². The van der Waals surface area contributed by atoms with Gasteiger partial charge >= 0.3 is 6.18 Å². The number of nitrogens with one attached hydrogen (secondary N) is 1. The molecule has 3 unspecified atom stereocenters. The van der Waals surface area contributed by atoms with Crippen molar-refractivity contribution in [3.8, 4) is 11.5 Å². The highest BCUT2D eigenvalue weighted by Crippen LogP contribution is 2.35. The highest BCUT2D eigenvalue weighted by atomic mass is 19.4. The quantitative estimate of drug-likeness (QED) is 0.228. The minimum atomic E-state index is -4.42. The molecule has 3 N–H and O–H groups in total. The molecule has 15 nitrogen and oxygen atoms in total. The van der Waals surface area contributed by atoms with Gasteiger partial charge in [0.15, 0.2) is 6.29 Å². The molecule has 3 aromatic carbocycles. The second-order valence-corrected chi connectivity index (χ2v) is 16.4. The van der Waals surface area contributed by atoms with Crippen LogP contribution in [0.1, 0.15) is 57.5 Å². The van der Waals surface area contributed by atoms with E-state index >= 15 is 0 Å². The average Bonchev–Trinajstić information content (AvgIpc) is 3.62. The summed E-state index contributed by atoms with van der Waals surface area (Å²) in [5, 5.41) is 9.39. The molecule has 0 aromatic heterocycles. The molecule has 3 atom stereocenters. The number of imide groups is 1. The summed E-state index contributed by atoms with van der Waals surface area (Å²) in [7, 11) is 1.51. The van der Waals surface area contributed by atoms with Crippen molar-refractivity contribution >= 4 is 47.6 Å². The molecular formula is C43H45F3N10O5. The number of carbonyl (C=O) groups is 4. The third-order valence-corrected chi connectivity index (χ3v) is 12.7. The number of anilines is 1. The standard InChI is InChI=1S/C43H45F3N10O5/c1-52(35-12-13-36(58)50-41(35)59)42(60)34-11-6-29(18-26(34)23-57)54-21-31(22-54)55-19-30(20-55)53-16-14-28(15-17-53)56-40-37(39(47)48-24-49-40)38(51-56)25-2-7-32(8-3-25)61-33-9-4-27(5-10-33)43(44,45)46/h2-11,18,23-24,28,30-31,35,37,39H,12-17,19-22,47H2,1H3,(H,50,58,59). The maximum atomic E-state index is 13.3. The molecule has 18 heteroatoms. The monoisotopic (exact) mass is 838 g/mol. The van der Waals surface area contributed by atoms with Crippen molar-refractivity contribution in [2.24, 2.45) is 26.7 Å². The van der Waals surface area contributed by atoms with Crippen LogP contribution in [0, 0.1) is 5.92 Å². The number of likely N-dealkylation sites (N-methyl/N-ethyl adjacent to an activating group) is 1. The topological polar surface area (TPSA) is 169 Å².